The quantitative estimate of drug-likeness (QED) is 0.526. The van der Waals surface area contributed by atoms with Gasteiger partial charge in [0.15, 0.2) is 0 Å². The van der Waals surface area contributed by atoms with Crippen LogP contribution in [0.1, 0.15) is 16.7 Å². The van der Waals surface area contributed by atoms with Gasteiger partial charge in [-0.2, -0.15) is 0 Å². The van der Waals surface area contributed by atoms with Gasteiger partial charge in [0.1, 0.15) is 12.4 Å². The number of hydrogen-bond donors (Lipinski definition) is 0. The van der Waals surface area contributed by atoms with Crippen LogP contribution in [0.3, 0.4) is 0 Å². The molecule has 2 aromatic rings. The summed E-state index contributed by atoms with van der Waals surface area (Å²) in [6, 6.07) is 14.7. The lowest BCUT2D eigenvalue weighted by molar-refractivity contribution is 0.324. The van der Waals surface area contributed by atoms with Gasteiger partial charge in [-0.15, -0.1) is 6.58 Å². The lowest BCUT2D eigenvalue weighted by Crippen LogP contribution is -2.23. The van der Waals surface area contributed by atoms with Crippen molar-refractivity contribution in [1.82, 2.24) is 4.90 Å². The number of aliphatic imine (C=N–C) groups is 1. The first-order valence-electron chi connectivity index (χ1n) is 9.23. The standard InChI is InChI=1S/C23H25BrN2O/c1-2-13-26(18-19-5-8-22(24)9-6-19)14-3-4-15-27-23-10-7-21-17-25-12-11-20(21)16-23/h2-10,16-17H,1,11-15,18H2. The van der Waals surface area contributed by atoms with E-state index in [0.29, 0.717) is 6.61 Å². The number of nitrogens with zero attached hydrogens (tertiary/aromatic N) is 2. The minimum Gasteiger partial charge on any atom is -0.490 e. The maximum atomic E-state index is 5.87. The first-order valence-corrected chi connectivity index (χ1v) is 10.0. The van der Waals surface area contributed by atoms with Crippen LogP contribution >= 0.6 is 15.9 Å². The van der Waals surface area contributed by atoms with Crippen LogP contribution in [0.15, 0.2) is 76.7 Å². The van der Waals surface area contributed by atoms with Crippen molar-refractivity contribution in [3.63, 3.8) is 0 Å². The highest BCUT2D eigenvalue weighted by molar-refractivity contribution is 9.10. The normalized spacial score (nSPS) is 13.1. The fraction of sp³-hybridized carbons (Fsp3) is 0.261. The van der Waals surface area contributed by atoms with Crippen molar-refractivity contribution in [3.8, 4) is 5.75 Å². The fourth-order valence-corrected chi connectivity index (χ4v) is 3.30. The van der Waals surface area contributed by atoms with Crippen LogP contribution in [0.5, 0.6) is 5.75 Å². The Bertz CT molecular complexity index is 812. The second-order valence-corrected chi connectivity index (χ2v) is 7.45. The van der Waals surface area contributed by atoms with Crippen molar-refractivity contribution in [2.45, 2.75) is 13.0 Å². The largest absolute Gasteiger partial charge is 0.490 e. The van der Waals surface area contributed by atoms with Crippen molar-refractivity contribution in [2.24, 2.45) is 4.99 Å². The van der Waals surface area contributed by atoms with Crippen LogP contribution in [0.25, 0.3) is 0 Å². The molecule has 1 aliphatic rings. The molecule has 0 atom stereocenters. The molecule has 0 unspecified atom stereocenters. The van der Waals surface area contributed by atoms with Crippen molar-refractivity contribution in [1.29, 1.82) is 0 Å². The van der Waals surface area contributed by atoms with Crippen LogP contribution < -0.4 is 4.74 Å². The van der Waals surface area contributed by atoms with Gasteiger partial charge in [0.25, 0.3) is 0 Å². The van der Waals surface area contributed by atoms with Crippen molar-refractivity contribution in [2.75, 3.05) is 26.2 Å². The van der Waals surface area contributed by atoms with E-state index in [0.717, 1.165) is 42.8 Å². The monoisotopic (exact) mass is 424 g/mol. The first kappa shape index (κ1) is 19.6. The second kappa shape index (κ2) is 10.2. The number of hydrogen-bond acceptors (Lipinski definition) is 3. The van der Waals surface area contributed by atoms with Gasteiger partial charge >= 0.3 is 0 Å². The van der Waals surface area contributed by atoms with Crippen molar-refractivity contribution >= 4 is 22.1 Å². The minimum atomic E-state index is 0.576. The van der Waals surface area contributed by atoms with Gasteiger partial charge in [-0.3, -0.25) is 9.89 Å². The van der Waals surface area contributed by atoms with Gasteiger partial charge in [-0.1, -0.05) is 46.3 Å². The first-order chi connectivity index (χ1) is 13.2. The summed E-state index contributed by atoms with van der Waals surface area (Å²) in [6.07, 6.45) is 9.12. The molecule has 0 fully saturated rings. The van der Waals surface area contributed by atoms with Gasteiger partial charge in [-0.05, 0) is 53.4 Å². The van der Waals surface area contributed by atoms with E-state index in [1.807, 2.05) is 18.4 Å². The zero-order valence-corrected chi connectivity index (χ0v) is 17.1. The average Bonchev–Trinajstić information content (AvgIpc) is 2.69. The average molecular weight is 425 g/mol. The van der Waals surface area contributed by atoms with Crippen LogP contribution in [-0.4, -0.2) is 37.4 Å². The molecule has 2 aromatic carbocycles. The van der Waals surface area contributed by atoms with E-state index in [-0.39, 0.29) is 0 Å². The Kier molecular flexibility index (Phi) is 7.43. The molecule has 3 rings (SSSR count). The van der Waals surface area contributed by atoms with Crippen LogP contribution in [0.2, 0.25) is 0 Å². The van der Waals surface area contributed by atoms with Crippen LogP contribution in [0, 0.1) is 0 Å². The molecule has 140 valence electrons. The van der Waals surface area contributed by atoms with Crippen LogP contribution in [-0.2, 0) is 13.0 Å². The molecule has 0 N–H and O–H groups in total. The summed E-state index contributed by atoms with van der Waals surface area (Å²) in [7, 11) is 0. The Morgan fingerprint density at radius 2 is 1.96 bits per heavy atom. The topological polar surface area (TPSA) is 24.8 Å². The van der Waals surface area contributed by atoms with E-state index in [2.05, 4.69) is 81.0 Å². The van der Waals surface area contributed by atoms with E-state index in [1.54, 1.807) is 0 Å². The van der Waals surface area contributed by atoms with Gasteiger partial charge < -0.3 is 4.74 Å². The summed E-state index contributed by atoms with van der Waals surface area (Å²) in [6.45, 7) is 7.94. The van der Waals surface area contributed by atoms with E-state index in [9.17, 15) is 0 Å². The molecule has 27 heavy (non-hydrogen) atoms. The minimum absolute atomic E-state index is 0.576. The fourth-order valence-electron chi connectivity index (χ4n) is 3.03. The third-order valence-corrected chi connectivity index (χ3v) is 4.97. The van der Waals surface area contributed by atoms with Crippen molar-refractivity contribution in [3.05, 3.63) is 88.4 Å². The zero-order chi connectivity index (χ0) is 18.9. The smallest absolute Gasteiger partial charge is 0.120 e. The Balaban J connectivity index is 1.47. The highest BCUT2D eigenvalue weighted by Gasteiger charge is 2.06. The molecule has 3 nitrogen and oxygen atoms in total. The lowest BCUT2D eigenvalue weighted by Gasteiger charge is -2.19. The molecule has 0 aliphatic carbocycles. The van der Waals surface area contributed by atoms with Gasteiger partial charge in [0.05, 0.1) is 0 Å². The molecule has 4 heteroatoms. The maximum Gasteiger partial charge on any atom is 0.120 e. The van der Waals surface area contributed by atoms with E-state index >= 15 is 0 Å². The van der Waals surface area contributed by atoms with Crippen LogP contribution in [0.4, 0.5) is 0 Å². The highest BCUT2D eigenvalue weighted by Crippen LogP contribution is 2.19. The van der Waals surface area contributed by atoms with Crippen molar-refractivity contribution < 1.29 is 4.74 Å². The van der Waals surface area contributed by atoms with E-state index in [4.69, 9.17) is 4.74 Å². The molecule has 1 heterocycles. The van der Waals surface area contributed by atoms with Gasteiger partial charge in [-0.25, -0.2) is 0 Å². The van der Waals surface area contributed by atoms with Gasteiger partial charge in [0.2, 0.25) is 0 Å². The maximum absolute atomic E-state index is 5.87. The lowest BCUT2D eigenvalue weighted by atomic mass is 10.0. The molecule has 0 bridgehead atoms. The summed E-state index contributed by atoms with van der Waals surface area (Å²) in [4.78, 5) is 6.65. The SMILES string of the molecule is C=CCN(CC=CCOc1ccc2c(c1)CCN=C2)Cc1ccc(Br)cc1. The molecule has 0 amide bonds. The summed E-state index contributed by atoms with van der Waals surface area (Å²) >= 11 is 3.48. The van der Waals surface area contributed by atoms with E-state index in [1.165, 1.54) is 16.7 Å². The third kappa shape index (κ3) is 6.19. The summed E-state index contributed by atoms with van der Waals surface area (Å²) < 4.78 is 6.97. The van der Waals surface area contributed by atoms with Gasteiger partial charge in [0, 0.05) is 36.9 Å². The highest BCUT2D eigenvalue weighted by atomic mass is 79.9. The molecule has 0 radical (unpaired) electrons. The Morgan fingerprint density at radius 3 is 2.78 bits per heavy atom. The Morgan fingerprint density at radius 1 is 1.11 bits per heavy atom. The number of halogens is 1. The number of ether oxygens (including phenoxy) is 1. The molecule has 0 saturated heterocycles. The predicted molar refractivity (Wildman–Crippen MR) is 117 cm³/mol. The molecule has 0 aromatic heterocycles. The third-order valence-electron chi connectivity index (χ3n) is 4.44. The number of rotatable bonds is 9. The van der Waals surface area contributed by atoms with E-state index < -0.39 is 0 Å². The number of benzene rings is 2. The second-order valence-electron chi connectivity index (χ2n) is 6.54. The predicted octanol–water partition coefficient (Wildman–Crippen LogP) is 5.05. The summed E-state index contributed by atoms with van der Waals surface area (Å²) in [5.74, 6) is 0.923. The zero-order valence-electron chi connectivity index (χ0n) is 15.5. The Labute approximate surface area is 170 Å². The number of fused-ring (bicyclic) bond motifs is 1. The molecular formula is C23H25BrN2O. The molecule has 0 spiro atoms. The molecule has 1 aliphatic heterocycles. The molecular weight excluding hydrogens is 400 g/mol. The summed E-state index contributed by atoms with van der Waals surface area (Å²) in [5, 5.41) is 0. The molecule has 0 saturated carbocycles. The Hall–Kier alpha value is -2.17. The summed E-state index contributed by atoms with van der Waals surface area (Å²) in [5.41, 5.74) is 3.82.